The monoisotopic (exact) mass is 480 g/mol. The molecule has 5 rings (SSSR count). The summed E-state index contributed by atoms with van der Waals surface area (Å²) >= 11 is 0. The summed E-state index contributed by atoms with van der Waals surface area (Å²) in [6.45, 7) is 0.974. The first kappa shape index (κ1) is 23.3. The molecule has 9 nitrogen and oxygen atoms in total. The Balaban J connectivity index is 1.32. The number of nitrogens with zero attached hydrogens (tertiary/aromatic N) is 1. The van der Waals surface area contributed by atoms with Gasteiger partial charge in [-0.2, -0.15) is 0 Å². The number of carboxylic acid groups (broad SMARTS) is 1. The van der Waals surface area contributed by atoms with Gasteiger partial charge in [-0.3, -0.25) is 4.79 Å². The van der Waals surface area contributed by atoms with Crippen LogP contribution in [-0.2, 0) is 23.8 Å². The third kappa shape index (κ3) is 4.37. The predicted molar refractivity (Wildman–Crippen MR) is 125 cm³/mol. The van der Waals surface area contributed by atoms with Crippen molar-refractivity contribution in [2.24, 2.45) is 0 Å². The molecule has 2 saturated heterocycles. The van der Waals surface area contributed by atoms with Crippen molar-refractivity contribution < 1.29 is 33.7 Å². The fourth-order valence-corrected chi connectivity index (χ4v) is 5.27. The van der Waals surface area contributed by atoms with Crippen molar-refractivity contribution >= 4 is 18.0 Å². The maximum absolute atomic E-state index is 13.6. The topological polar surface area (TPSA) is 114 Å². The van der Waals surface area contributed by atoms with Crippen molar-refractivity contribution in [3.63, 3.8) is 0 Å². The van der Waals surface area contributed by atoms with Gasteiger partial charge in [0.2, 0.25) is 5.91 Å². The molecule has 2 aliphatic heterocycles. The maximum Gasteiger partial charge on any atom is 0.408 e. The van der Waals surface area contributed by atoms with Gasteiger partial charge in [-0.1, -0.05) is 48.5 Å². The molecule has 1 unspecified atom stereocenters. The van der Waals surface area contributed by atoms with Crippen LogP contribution in [-0.4, -0.2) is 79.1 Å². The molecule has 2 aromatic carbocycles. The molecule has 184 valence electrons. The van der Waals surface area contributed by atoms with E-state index < -0.39 is 29.6 Å². The zero-order valence-corrected chi connectivity index (χ0v) is 19.3. The molecule has 1 aliphatic carbocycles. The van der Waals surface area contributed by atoms with Crippen LogP contribution >= 0.6 is 0 Å². The second kappa shape index (κ2) is 9.67. The summed E-state index contributed by atoms with van der Waals surface area (Å²) in [7, 11) is 0. The highest BCUT2D eigenvalue weighted by Crippen LogP contribution is 2.44. The number of benzene rings is 2. The minimum atomic E-state index is -1.29. The summed E-state index contributed by atoms with van der Waals surface area (Å²) < 4.78 is 16.4. The molecule has 1 atom stereocenters. The summed E-state index contributed by atoms with van der Waals surface area (Å²) in [5.41, 5.74) is 3.15. The number of ether oxygens (including phenoxy) is 3. The van der Waals surface area contributed by atoms with Crippen LogP contribution in [0.5, 0.6) is 0 Å². The third-order valence-electron chi connectivity index (χ3n) is 7.12. The van der Waals surface area contributed by atoms with Gasteiger partial charge < -0.3 is 29.5 Å². The van der Waals surface area contributed by atoms with E-state index in [2.05, 4.69) is 17.4 Å². The number of carbonyl (C=O) groups excluding carboxylic acids is 2. The predicted octanol–water partition coefficient (Wildman–Crippen LogP) is 2.39. The molecule has 0 radical (unpaired) electrons. The van der Waals surface area contributed by atoms with E-state index in [1.165, 1.54) is 4.90 Å². The minimum absolute atomic E-state index is 0.0847. The van der Waals surface area contributed by atoms with Crippen molar-refractivity contribution in [3.05, 3.63) is 59.7 Å². The van der Waals surface area contributed by atoms with E-state index in [1.807, 2.05) is 36.4 Å². The quantitative estimate of drug-likeness (QED) is 0.675. The van der Waals surface area contributed by atoms with Crippen LogP contribution < -0.4 is 5.32 Å². The van der Waals surface area contributed by atoms with Gasteiger partial charge in [-0.05, 0) is 22.3 Å². The van der Waals surface area contributed by atoms with E-state index in [1.54, 1.807) is 0 Å². The van der Waals surface area contributed by atoms with Crippen LogP contribution in [0.1, 0.15) is 29.9 Å². The molecule has 2 aromatic rings. The number of rotatable bonds is 5. The maximum atomic E-state index is 13.6. The molecule has 0 aromatic heterocycles. The molecule has 2 fully saturated rings. The molecule has 3 aliphatic rings. The lowest BCUT2D eigenvalue weighted by molar-refractivity contribution is -0.163. The second-order valence-corrected chi connectivity index (χ2v) is 9.07. The van der Waals surface area contributed by atoms with Crippen LogP contribution in [0.2, 0.25) is 0 Å². The van der Waals surface area contributed by atoms with E-state index in [0.29, 0.717) is 0 Å². The van der Waals surface area contributed by atoms with Crippen molar-refractivity contribution in [2.75, 3.05) is 39.6 Å². The summed E-state index contributed by atoms with van der Waals surface area (Å²) in [6, 6.07) is 15.0. The van der Waals surface area contributed by atoms with E-state index in [-0.39, 0.29) is 58.3 Å². The molecule has 2 amide bonds. The first-order valence-electron chi connectivity index (χ1n) is 11.8. The molecule has 2 heterocycles. The number of morpholine rings is 1. The molecular formula is C26H28N2O7. The lowest BCUT2D eigenvalue weighted by atomic mass is 9.87. The van der Waals surface area contributed by atoms with Gasteiger partial charge in [0.05, 0.1) is 13.2 Å². The van der Waals surface area contributed by atoms with E-state index in [4.69, 9.17) is 14.2 Å². The van der Waals surface area contributed by atoms with Crippen molar-refractivity contribution in [2.45, 2.75) is 30.3 Å². The average molecular weight is 481 g/mol. The number of aliphatic carboxylic acids is 1. The first-order chi connectivity index (χ1) is 17.0. The zero-order chi connectivity index (χ0) is 24.4. The molecule has 2 N–H and O–H groups in total. The first-order valence-corrected chi connectivity index (χ1v) is 11.8. The summed E-state index contributed by atoms with van der Waals surface area (Å²) in [5, 5.41) is 12.4. The Kier molecular flexibility index (Phi) is 6.44. The number of alkyl carbamates (subject to hydrolysis) is 1. The van der Waals surface area contributed by atoms with Crippen LogP contribution in [0, 0.1) is 0 Å². The Morgan fingerprint density at radius 2 is 1.60 bits per heavy atom. The Bertz CT molecular complexity index is 1080. The number of nitrogens with one attached hydrogen (secondary N) is 1. The Morgan fingerprint density at radius 1 is 0.971 bits per heavy atom. The Morgan fingerprint density at radius 3 is 2.23 bits per heavy atom. The SMILES string of the molecule is O=C(NC1(C(=O)N2CCOCC2C(=O)O)CCOCC1)OCC1c2ccccc2-c2ccccc21. The van der Waals surface area contributed by atoms with Gasteiger partial charge in [0, 0.05) is 38.5 Å². The van der Waals surface area contributed by atoms with Crippen molar-refractivity contribution in [1.29, 1.82) is 0 Å². The molecule has 9 heteroatoms. The highest BCUT2D eigenvalue weighted by Gasteiger charge is 2.48. The van der Waals surface area contributed by atoms with E-state index >= 15 is 0 Å². The summed E-state index contributed by atoms with van der Waals surface area (Å²) in [5.74, 6) is -1.68. The van der Waals surface area contributed by atoms with Gasteiger partial charge in [-0.25, -0.2) is 9.59 Å². The molecule has 0 saturated carbocycles. The number of carbonyl (C=O) groups is 3. The number of amides is 2. The van der Waals surface area contributed by atoms with E-state index in [9.17, 15) is 19.5 Å². The van der Waals surface area contributed by atoms with Crippen LogP contribution in [0.3, 0.4) is 0 Å². The highest BCUT2D eigenvalue weighted by molar-refractivity contribution is 5.93. The van der Waals surface area contributed by atoms with Gasteiger partial charge in [0.15, 0.2) is 6.04 Å². The largest absolute Gasteiger partial charge is 0.480 e. The van der Waals surface area contributed by atoms with Crippen molar-refractivity contribution in [3.8, 4) is 11.1 Å². The highest BCUT2D eigenvalue weighted by atomic mass is 16.5. The van der Waals surface area contributed by atoms with Crippen LogP contribution in [0.4, 0.5) is 4.79 Å². The number of hydrogen-bond acceptors (Lipinski definition) is 6. The molecule has 35 heavy (non-hydrogen) atoms. The van der Waals surface area contributed by atoms with Crippen LogP contribution in [0.25, 0.3) is 11.1 Å². The van der Waals surface area contributed by atoms with Gasteiger partial charge >= 0.3 is 12.1 Å². The van der Waals surface area contributed by atoms with E-state index in [0.717, 1.165) is 22.3 Å². The van der Waals surface area contributed by atoms with Crippen molar-refractivity contribution in [1.82, 2.24) is 10.2 Å². The Labute approximate surface area is 203 Å². The molecule has 0 bridgehead atoms. The normalized spacial score (nSPS) is 21.0. The van der Waals surface area contributed by atoms with Crippen LogP contribution in [0.15, 0.2) is 48.5 Å². The lowest BCUT2D eigenvalue weighted by Gasteiger charge is -2.42. The fourth-order valence-electron chi connectivity index (χ4n) is 5.27. The minimum Gasteiger partial charge on any atom is -0.480 e. The number of hydrogen-bond donors (Lipinski definition) is 2. The summed E-state index contributed by atoms with van der Waals surface area (Å²) in [4.78, 5) is 39.6. The average Bonchev–Trinajstić information content (AvgIpc) is 3.21. The number of carboxylic acids is 1. The lowest BCUT2D eigenvalue weighted by Crippen LogP contribution is -2.66. The standard InChI is InChI=1S/C26H28N2O7/c29-23(30)22-16-34-14-11-28(22)24(31)26(9-12-33-13-10-26)27-25(32)35-15-21-19-7-3-1-5-17(19)18-6-2-4-8-20(18)21/h1-8,21-22H,9-16H2,(H,27,32)(H,29,30). The van der Waals surface area contributed by atoms with Gasteiger partial charge in [0.25, 0.3) is 0 Å². The molecule has 0 spiro atoms. The fraction of sp³-hybridized carbons (Fsp3) is 0.423. The molecular weight excluding hydrogens is 452 g/mol. The van der Waals surface area contributed by atoms with Gasteiger partial charge in [-0.15, -0.1) is 0 Å². The zero-order valence-electron chi connectivity index (χ0n) is 19.3. The third-order valence-corrected chi connectivity index (χ3v) is 7.12. The second-order valence-electron chi connectivity index (χ2n) is 9.07. The smallest absolute Gasteiger partial charge is 0.408 e. The number of fused-ring (bicyclic) bond motifs is 3. The summed E-state index contributed by atoms with van der Waals surface area (Å²) in [6.07, 6.45) is -0.235. The Hall–Kier alpha value is -3.43. The van der Waals surface area contributed by atoms with Gasteiger partial charge in [0.1, 0.15) is 12.1 Å².